The van der Waals surface area contributed by atoms with Gasteiger partial charge in [-0.1, -0.05) is 18.2 Å². The van der Waals surface area contributed by atoms with Crippen molar-refractivity contribution in [3.05, 3.63) is 41.7 Å². The number of ether oxygens (including phenoxy) is 1. The van der Waals surface area contributed by atoms with Crippen LogP contribution in [0, 0.1) is 6.92 Å². The number of anilines is 2. The Labute approximate surface area is 125 Å². The molecule has 0 unspecified atom stereocenters. The summed E-state index contributed by atoms with van der Waals surface area (Å²) in [5.74, 6) is 3.37. The lowest BCUT2D eigenvalue weighted by molar-refractivity contribution is 0.410. The molecule has 0 fully saturated rings. The zero-order valence-electron chi connectivity index (χ0n) is 12.8. The van der Waals surface area contributed by atoms with E-state index < -0.39 is 0 Å². The van der Waals surface area contributed by atoms with Gasteiger partial charge in [-0.2, -0.15) is 0 Å². The van der Waals surface area contributed by atoms with Crippen molar-refractivity contribution in [3.8, 4) is 5.75 Å². The second-order valence-electron chi connectivity index (χ2n) is 4.70. The van der Waals surface area contributed by atoms with Crippen LogP contribution in [0.15, 0.2) is 30.3 Å². The Hall–Kier alpha value is -2.30. The van der Waals surface area contributed by atoms with Crippen molar-refractivity contribution in [2.24, 2.45) is 0 Å². The summed E-state index contributed by atoms with van der Waals surface area (Å²) >= 11 is 0. The summed E-state index contributed by atoms with van der Waals surface area (Å²) in [5.41, 5.74) is 1.19. The quantitative estimate of drug-likeness (QED) is 0.819. The fourth-order valence-corrected chi connectivity index (χ4v) is 2.16. The zero-order valence-corrected chi connectivity index (χ0v) is 12.8. The number of rotatable bonds is 7. The van der Waals surface area contributed by atoms with Gasteiger partial charge < -0.3 is 15.4 Å². The summed E-state index contributed by atoms with van der Waals surface area (Å²) in [7, 11) is 1.70. The van der Waals surface area contributed by atoms with Crippen molar-refractivity contribution < 1.29 is 4.74 Å². The van der Waals surface area contributed by atoms with Gasteiger partial charge in [0.1, 0.15) is 23.2 Å². The third kappa shape index (κ3) is 4.34. The molecule has 5 heteroatoms. The molecule has 21 heavy (non-hydrogen) atoms. The Morgan fingerprint density at radius 3 is 2.52 bits per heavy atom. The molecule has 1 aromatic carbocycles. The highest BCUT2D eigenvalue weighted by molar-refractivity contribution is 5.47. The molecule has 112 valence electrons. The van der Waals surface area contributed by atoms with Crippen molar-refractivity contribution >= 4 is 11.6 Å². The Bertz CT molecular complexity index is 586. The van der Waals surface area contributed by atoms with Crippen LogP contribution < -0.4 is 15.4 Å². The highest BCUT2D eigenvalue weighted by atomic mass is 16.5. The third-order valence-electron chi connectivity index (χ3n) is 3.09. The van der Waals surface area contributed by atoms with Crippen LogP contribution in [0.1, 0.15) is 18.3 Å². The maximum Gasteiger partial charge on any atom is 0.131 e. The first-order chi connectivity index (χ1) is 10.2. The largest absolute Gasteiger partial charge is 0.496 e. The summed E-state index contributed by atoms with van der Waals surface area (Å²) in [6, 6.07) is 9.99. The standard InChI is InChI=1S/C16H22N4O/c1-4-17-15-11-16(20-12(2)19-15)18-10-9-13-7-5-6-8-14(13)21-3/h5-8,11H,4,9-10H2,1-3H3,(H2,17,18,19,20). The number of nitrogens with one attached hydrogen (secondary N) is 2. The number of hydrogen-bond donors (Lipinski definition) is 2. The van der Waals surface area contributed by atoms with Crippen LogP contribution in [0.4, 0.5) is 11.6 Å². The van der Waals surface area contributed by atoms with E-state index in [2.05, 4.69) is 26.7 Å². The Kier molecular flexibility index (Phi) is 5.37. The van der Waals surface area contributed by atoms with Crippen molar-refractivity contribution in [1.82, 2.24) is 9.97 Å². The zero-order chi connectivity index (χ0) is 15.1. The van der Waals surface area contributed by atoms with Crippen LogP contribution in [0.25, 0.3) is 0 Å². The summed E-state index contributed by atoms with van der Waals surface area (Å²) < 4.78 is 5.35. The smallest absolute Gasteiger partial charge is 0.131 e. The Morgan fingerprint density at radius 2 is 1.81 bits per heavy atom. The molecular weight excluding hydrogens is 264 g/mol. The fourth-order valence-electron chi connectivity index (χ4n) is 2.16. The molecule has 0 radical (unpaired) electrons. The lowest BCUT2D eigenvalue weighted by Crippen LogP contribution is -2.09. The van der Waals surface area contributed by atoms with E-state index in [1.54, 1.807) is 7.11 Å². The molecule has 0 aliphatic rings. The highest BCUT2D eigenvalue weighted by Crippen LogP contribution is 2.18. The number of aryl methyl sites for hydroxylation is 1. The molecule has 2 N–H and O–H groups in total. The van der Waals surface area contributed by atoms with Gasteiger partial charge in [0.2, 0.25) is 0 Å². The van der Waals surface area contributed by atoms with Crippen LogP contribution in [-0.2, 0) is 6.42 Å². The summed E-state index contributed by atoms with van der Waals surface area (Å²) in [4.78, 5) is 8.73. The van der Waals surface area contributed by atoms with E-state index in [0.29, 0.717) is 0 Å². The summed E-state index contributed by atoms with van der Waals surface area (Å²) in [6.45, 7) is 5.58. The van der Waals surface area contributed by atoms with E-state index in [-0.39, 0.29) is 0 Å². The number of hydrogen-bond acceptors (Lipinski definition) is 5. The van der Waals surface area contributed by atoms with Gasteiger partial charge in [-0.25, -0.2) is 9.97 Å². The maximum atomic E-state index is 5.35. The predicted octanol–water partition coefficient (Wildman–Crippen LogP) is 2.88. The second-order valence-corrected chi connectivity index (χ2v) is 4.70. The normalized spacial score (nSPS) is 10.2. The first kappa shape index (κ1) is 15.1. The highest BCUT2D eigenvalue weighted by Gasteiger charge is 2.03. The topological polar surface area (TPSA) is 59.1 Å². The number of aromatic nitrogens is 2. The van der Waals surface area contributed by atoms with E-state index in [1.807, 2.05) is 38.1 Å². The Morgan fingerprint density at radius 1 is 1.10 bits per heavy atom. The second kappa shape index (κ2) is 7.47. The molecule has 0 atom stereocenters. The molecular formula is C16H22N4O. The molecule has 2 aromatic rings. The molecule has 5 nitrogen and oxygen atoms in total. The van der Waals surface area contributed by atoms with Gasteiger partial charge in [0, 0.05) is 19.2 Å². The average Bonchev–Trinajstić information content (AvgIpc) is 2.47. The molecule has 0 saturated carbocycles. The van der Waals surface area contributed by atoms with Gasteiger partial charge >= 0.3 is 0 Å². The molecule has 1 aromatic heterocycles. The summed E-state index contributed by atoms with van der Waals surface area (Å²) in [6.07, 6.45) is 0.879. The summed E-state index contributed by atoms with van der Waals surface area (Å²) in [5, 5.41) is 6.54. The SMILES string of the molecule is CCNc1cc(NCCc2ccccc2OC)nc(C)n1. The number of benzene rings is 1. The first-order valence-corrected chi connectivity index (χ1v) is 7.18. The van der Waals surface area contributed by atoms with E-state index in [9.17, 15) is 0 Å². The predicted molar refractivity (Wildman–Crippen MR) is 86.1 cm³/mol. The monoisotopic (exact) mass is 286 g/mol. The Balaban J connectivity index is 1.97. The van der Waals surface area contributed by atoms with Gasteiger partial charge in [0.05, 0.1) is 7.11 Å². The molecule has 0 amide bonds. The van der Waals surface area contributed by atoms with E-state index >= 15 is 0 Å². The van der Waals surface area contributed by atoms with Crippen LogP contribution >= 0.6 is 0 Å². The van der Waals surface area contributed by atoms with Crippen LogP contribution in [0.5, 0.6) is 5.75 Å². The van der Waals surface area contributed by atoms with E-state index in [4.69, 9.17) is 4.74 Å². The van der Waals surface area contributed by atoms with Crippen LogP contribution in [0.2, 0.25) is 0 Å². The fraction of sp³-hybridized carbons (Fsp3) is 0.375. The molecule has 1 heterocycles. The van der Waals surface area contributed by atoms with E-state index in [0.717, 1.165) is 42.7 Å². The van der Waals surface area contributed by atoms with Gasteiger partial charge in [-0.3, -0.25) is 0 Å². The van der Waals surface area contributed by atoms with Crippen molar-refractivity contribution in [3.63, 3.8) is 0 Å². The minimum absolute atomic E-state index is 0.758. The van der Waals surface area contributed by atoms with Crippen molar-refractivity contribution in [2.75, 3.05) is 30.8 Å². The van der Waals surface area contributed by atoms with Gasteiger partial charge in [0.15, 0.2) is 0 Å². The van der Waals surface area contributed by atoms with E-state index in [1.165, 1.54) is 5.56 Å². The lowest BCUT2D eigenvalue weighted by atomic mass is 10.1. The molecule has 0 aliphatic heterocycles. The van der Waals surface area contributed by atoms with Gasteiger partial charge in [0.25, 0.3) is 0 Å². The number of para-hydroxylation sites is 1. The minimum Gasteiger partial charge on any atom is -0.496 e. The van der Waals surface area contributed by atoms with Crippen molar-refractivity contribution in [1.29, 1.82) is 0 Å². The first-order valence-electron chi connectivity index (χ1n) is 7.18. The number of methoxy groups -OCH3 is 1. The van der Waals surface area contributed by atoms with Gasteiger partial charge in [-0.15, -0.1) is 0 Å². The minimum atomic E-state index is 0.758. The third-order valence-corrected chi connectivity index (χ3v) is 3.09. The molecule has 0 spiro atoms. The molecule has 0 aliphatic carbocycles. The molecule has 0 bridgehead atoms. The maximum absolute atomic E-state index is 5.35. The lowest BCUT2D eigenvalue weighted by Gasteiger charge is -2.11. The van der Waals surface area contributed by atoms with Crippen LogP contribution in [-0.4, -0.2) is 30.2 Å². The van der Waals surface area contributed by atoms with Crippen LogP contribution in [0.3, 0.4) is 0 Å². The van der Waals surface area contributed by atoms with Crippen molar-refractivity contribution in [2.45, 2.75) is 20.3 Å². The molecule has 2 rings (SSSR count). The number of nitrogens with zero attached hydrogens (tertiary/aromatic N) is 2. The van der Waals surface area contributed by atoms with Gasteiger partial charge in [-0.05, 0) is 31.9 Å². The molecule has 0 saturated heterocycles. The average molecular weight is 286 g/mol.